The van der Waals surface area contributed by atoms with Crippen molar-refractivity contribution in [3.8, 4) is 0 Å². The number of hydrogen-bond donors (Lipinski definition) is 3. The molecule has 0 unspecified atom stereocenters. The monoisotopic (exact) mass is 416 g/mol. The van der Waals surface area contributed by atoms with E-state index < -0.39 is 11.1 Å². The highest BCUT2D eigenvalue weighted by atomic mass is 16.2. The molecule has 0 saturated carbocycles. The Morgan fingerprint density at radius 1 is 0.871 bits per heavy atom. The third-order valence-corrected chi connectivity index (χ3v) is 4.57. The number of aromatic nitrogens is 2. The lowest BCUT2D eigenvalue weighted by Gasteiger charge is -2.11. The van der Waals surface area contributed by atoms with Crippen LogP contribution < -0.4 is 32.0 Å². The summed E-state index contributed by atoms with van der Waals surface area (Å²) in [7, 11) is 3.89. The number of anilines is 2. The van der Waals surface area contributed by atoms with E-state index in [2.05, 4.69) is 21.9 Å². The van der Waals surface area contributed by atoms with E-state index in [1.54, 1.807) is 43.3 Å². The van der Waals surface area contributed by atoms with Gasteiger partial charge in [0.2, 0.25) is 0 Å². The summed E-state index contributed by atoms with van der Waals surface area (Å²) in [5.74, 6) is -0.263. The average molecular weight is 416 g/mol. The van der Waals surface area contributed by atoms with Crippen molar-refractivity contribution in [3.63, 3.8) is 0 Å². The summed E-state index contributed by atoms with van der Waals surface area (Å²) in [5.41, 5.74) is 2.75. The van der Waals surface area contributed by atoms with Crippen LogP contribution in [0.1, 0.15) is 18.1 Å². The molecule has 0 saturated heterocycles. The van der Waals surface area contributed by atoms with E-state index in [1.807, 2.05) is 43.3 Å². The van der Waals surface area contributed by atoms with Gasteiger partial charge in [-0.3, -0.25) is 14.4 Å². The van der Waals surface area contributed by atoms with Gasteiger partial charge in [0.25, 0.3) is 17.0 Å². The summed E-state index contributed by atoms with van der Waals surface area (Å²) in [4.78, 5) is 43.8. The highest BCUT2D eigenvalue weighted by molar-refractivity contribution is 6.02. The molecule has 3 rings (SSSR count). The molecule has 1 amide bonds. The number of amides is 1. The maximum atomic E-state index is 12.5. The number of carbonyl (C=O) groups is 1. The average Bonchev–Trinajstić information content (AvgIpc) is 2.73. The number of benzene rings is 2. The lowest BCUT2D eigenvalue weighted by atomic mass is 10.2. The van der Waals surface area contributed by atoms with E-state index in [4.69, 9.17) is 0 Å². The molecule has 0 aliphatic rings. The minimum atomic E-state index is -0.407. The Morgan fingerprint density at radius 3 is 1.74 bits per heavy atom. The van der Waals surface area contributed by atoms with E-state index >= 15 is 0 Å². The fourth-order valence-electron chi connectivity index (χ4n) is 2.80. The van der Waals surface area contributed by atoms with Crippen molar-refractivity contribution in [1.29, 1.82) is 0 Å². The van der Waals surface area contributed by atoms with E-state index in [0.29, 0.717) is 16.8 Å². The minimum Gasteiger partial charge on any atom is -0.378 e. The zero-order chi connectivity index (χ0) is 22.5. The predicted octanol–water partition coefficient (Wildman–Crippen LogP) is 1.30. The zero-order valence-electron chi connectivity index (χ0n) is 17.7. The van der Waals surface area contributed by atoms with Crippen molar-refractivity contribution in [2.24, 2.45) is 0 Å². The van der Waals surface area contributed by atoms with Crippen LogP contribution >= 0.6 is 0 Å². The third kappa shape index (κ3) is 5.48. The van der Waals surface area contributed by atoms with Gasteiger partial charge in [0.15, 0.2) is 0 Å². The van der Waals surface area contributed by atoms with Crippen LogP contribution in [-0.4, -0.2) is 30.0 Å². The van der Waals surface area contributed by atoms with Crippen molar-refractivity contribution >= 4 is 29.4 Å². The molecule has 3 N–H and O–H groups in total. The molecule has 0 aliphatic carbocycles. The van der Waals surface area contributed by atoms with E-state index in [0.717, 1.165) is 11.3 Å². The van der Waals surface area contributed by atoms with Gasteiger partial charge in [-0.15, -0.1) is 0 Å². The topological polar surface area (TPSA) is 98.1 Å². The lowest BCUT2D eigenvalue weighted by Crippen LogP contribution is -2.46. The van der Waals surface area contributed by atoms with Gasteiger partial charge < -0.3 is 20.2 Å². The van der Waals surface area contributed by atoms with E-state index in [1.165, 1.54) is 0 Å². The molecule has 1 heterocycles. The number of rotatable bonds is 5. The van der Waals surface area contributed by atoms with Crippen LogP contribution in [0.4, 0.5) is 11.4 Å². The van der Waals surface area contributed by atoms with Crippen LogP contribution in [0.3, 0.4) is 0 Å². The first-order valence-corrected chi connectivity index (χ1v) is 9.63. The summed E-state index contributed by atoms with van der Waals surface area (Å²) in [6, 6.07) is 14.5. The Morgan fingerprint density at radius 2 is 1.32 bits per heavy atom. The largest absolute Gasteiger partial charge is 0.378 e. The predicted molar refractivity (Wildman–Crippen MR) is 125 cm³/mol. The fourth-order valence-corrected chi connectivity index (χ4v) is 2.80. The second kappa shape index (κ2) is 9.13. The molecule has 31 heavy (non-hydrogen) atoms. The first-order valence-electron chi connectivity index (χ1n) is 9.63. The van der Waals surface area contributed by atoms with Gasteiger partial charge in [-0.1, -0.05) is 30.8 Å². The van der Waals surface area contributed by atoms with Crippen molar-refractivity contribution in [2.75, 3.05) is 24.3 Å². The number of nitrogens with zero attached hydrogens (tertiary/aromatic N) is 1. The fraction of sp³-hybridized carbons (Fsp3) is 0.125. The molecule has 7 heteroatoms. The second-order valence-electron chi connectivity index (χ2n) is 7.37. The standard InChI is InChI=1S/C24H24N4O3/c1-15(2)22(29)25-18-9-5-16(6-10-18)13-20-23(30)27-21(24(31)26-20)14-17-7-11-19(12-8-17)28(3)4/h5-14H,1H2,2-4H3,(H,25,29)(H,26,31)(H,27,30)/b20-13-,21-14-. The highest BCUT2D eigenvalue weighted by Crippen LogP contribution is 2.12. The van der Waals surface area contributed by atoms with Gasteiger partial charge >= 0.3 is 0 Å². The second-order valence-corrected chi connectivity index (χ2v) is 7.37. The molecule has 0 fully saturated rings. The Labute approximate surface area is 179 Å². The summed E-state index contributed by atoms with van der Waals surface area (Å²) in [6.45, 7) is 5.22. The summed E-state index contributed by atoms with van der Waals surface area (Å²) in [5, 5.41) is 3.03. The van der Waals surface area contributed by atoms with Crippen LogP contribution in [0, 0.1) is 0 Å². The SMILES string of the molecule is C=C(C)C(=O)Nc1ccc(/C=c2\[nH]c(=O)/c(=C/c3ccc(N(C)C)cc3)[nH]c2=O)cc1. The van der Waals surface area contributed by atoms with E-state index in [9.17, 15) is 14.4 Å². The molecule has 7 nitrogen and oxygen atoms in total. The molecule has 158 valence electrons. The van der Waals surface area contributed by atoms with Gasteiger partial charge in [-0.25, -0.2) is 0 Å². The molecule has 1 aromatic heterocycles. The molecule has 0 atom stereocenters. The summed E-state index contributed by atoms with van der Waals surface area (Å²) >= 11 is 0. The van der Waals surface area contributed by atoms with Crippen LogP contribution in [0.25, 0.3) is 12.2 Å². The maximum absolute atomic E-state index is 12.5. The molecular formula is C24H24N4O3. The van der Waals surface area contributed by atoms with Crippen molar-refractivity contribution < 1.29 is 4.79 Å². The Kier molecular flexibility index (Phi) is 6.35. The van der Waals surface area contributed by atoms with E-state index in [-0.39, 0.29) is 16.6 Å². The normalized spacial score (nSPS) is 12.0. The van der Waals surface area contributed by atoms with Crippen molar-refractivity contribution in [1.82, 2.24) is 9.97 Å². The minimum absolute atomic E-state index is 0.142. The molecular weight excluding hydrogens is 392 g/mol. The van der Waals surface area contributed by atoms with Crippen LogP contribution in [0.2, 0.25) is 0 Å². The molecule has 2 aromatic carbocycles. The summed E-state index contributed by atoms with van der Waals surface area (Å²) < 4.78 is 0. The van der Waals surface area contributed by atoms with Crippen molar-refractivity contribution in [2.45, 2.75) is 6.92 Å². The van der Waals surface area contributed by atoms with Gasteiger partial charge in [0.05, 0.1) is 0 Å². The van der Waals surface area contributed by atoms with Crippen LogP contribution in [0.15, 0.2) is 70.3 Å². The van der Waals surface area contributed by atoms with Gasteiger partial charge in [-0.2, -0.15) is 0 Å². The van der Waals surface area contributed by atoms with Gasteiger partial charge in [-0.05, 0) is 54.5 Å². The molecule has 0 spiro atoms. The first-order chi connectivity index (χ1) is 14.7. The van der Waals surface area contributed by atoms with Crippen molar-refractivity contribution in [3.05, 3.63) is 103 Å². The smallest absolute Gasteiger partial charge is 0.272 e. The third-order valence-electron chi connectivity index (χ3n) is 4.57. The molecule has 3 aromatic rings. The Balaban J connectivity index is 1.90. The number of nitrogens with one attached hydrogen (secondary N) is 3. The number of H-pyrrole nitrogens is 2. The number of aromatic amines is 2. The zero-order valence-corrected chi connectivity index (χ0v) is 17.7. The van der Waals surface area contributed by atoms with Crippen LogP contribution in [-0.2, 0) is 4.79 Å². The van der Waals surface area contributed by atoms with Crippen LogP contribution in [0.5, 0.6) is 0 Å². The first kappa shape index (κ1) is 21.6. The number of carbonyl (C=O) groups excluding carboxylic acids is 1. The Hall–Kier alpha value is -4.13. The van der Waals surface area contributed by atoms with Gasteiger partial charge in [0, 0.05) is 31.0 Å². The molecule has 0 bridgehead atoms. The molecule has 0 radical (unpaired) electrons. The molecule has 0 aliphatic heterocycles. The number of hydrogen-bond acceptors (Lipinski definition) is 4. The maximum Gasteiger partial charge on any atom is 0.272 e. The summed E-state index contributed by atoms with van der Waals surface area (Å²) in [6.07, 6.45) is 3.20. The highest BCUT2D eigenvalue weighted by Gasteiger charge is 2.02. The Bertz CT molecular complexity index is 1350. The quantitative estimate of drug-likeness (QED) is 0.546. The lowest BCUT2D eigenvalue weighted by molar-refractivity contribution is -0.112. The van der Waals surface area contributed by atoms with Gasteiger partial charge in [0.1, 0.15) is 10.7 Å².